The Hall–Kier alpha value is -1.37. The van der Waals surface area contributed by atoms with E-state index in [2.05, 4.69) is 0 Å². The summed E-state index contributed by atoms with van der Waals surface area (Å²) in [5, 5.41) is 20.0. The zero-order valence-electron chi connectivity index (χ0n) is 12.8. The van der Waals surface area contributed by atoms with E-state index in [1.165, 1.54) is 6.92 Å². The number of carbonyl (C=O) groups excluding carboxylic acids is 2. The topological polar surface area (TPSA) is 83.8 Å². The maximum Gasteiger partial charge on any atom is 0.310 e. The van der Waals surface area contributed by atoms with Gasteiger partial charge in [-0.3, -0.25) is 9.59 Å². The molecule has 22 heavy (non-hydrogen) atoms. The first-order chi connectivity index (χ1) is 10.4. The summed E-state index contributed by atoms with van der Waals surface area (Å²) in [4.78, 5) is 22.2. The van der Waals surface area contributed by atoms with Gasteiger partial charge in [0.2, 0.25) is 0 Å². The van der Waals surface area contributed by atoms with E-state index >= 15 is 0 Å². The normalized spacial score (nSPS) is 13.5. The Bertz CT molecular complexity index is 486. The van der Waals surface area contributed by atoms with Crippen LogP contribution in [0.2, 0.25) is 0 Å². The van der Waals surface area contributed by atoms with Gasteiger partial charge in [-0.25, -0.2) is 0 Å². The number of carbonyl (C=O) groups is 2. The average molecular weight is 326 g/mol. The molecule has 122 valence electrons. The van der Waals surface area contributed by atoms with Crippen molar-refractivity contribution in [2.24, 2.45) is 0 Å². The fraction of sp³-hybridized carbons (Fsp3) is 0.500. The van der Waals surface area contributed by atoms with Gasteiger partial charge in [-0.2, -0.15) is 0 Å². The zero-order chi connectivity index (χ0) is 16.5. The van der Waals surface area contributed by atoms with Crippen LogP contribution in [0.15, 0.2) is 24.3 Å². The summed E-state index contributed by atoms with van der Waals surface area (Å²) < 4.78 is 4.87. The molecule has 1 rings (SSSR count). The summed E-state index contributed by atoms with van der Waals surface area (Å²) in [6, 6.07) is 6.82. The van der Waals surface area contributed by atoms with Crippen molar-refractivity contribution < 1.29 is 24.5 Å². The summed E-state index contributed by atoms with van der Waals surface area (Å²) in [6.45, 7) is 3.57. The Morgan fingerprint density at radius 2 is 1.86 bits per heavy atom. The SMILES string of the molecule is CCOC(=O)Cc1ccc(C(O)C(O)CCSC(C)=O)cc1. The number of hydrogen-bond donors (Lipinski definition) is 2. The van der Waals surface area contributed by atoms with Gasteiger partial charge < -0.3 is 14.9 Å². The van der Waals surface area contributed by atoms with Gasteiger partial charge in [-0.05, 0) is 24.5 Å². The quantitative estimate of drug-likeness (QED) is 0.709. The van der Waals surface area contributed by atoms with Crippen LogP contribution in [0, 0.1) is 0 Å². The molecule has 1 aromatic carbocycles. The minimum Gasteiger partial charge on any atom is -0.466 e. The second kappa shape index (κ2) is 9.61. The van der Waals surface area contributed by atoms with Gasteiger partial charge in [-0.15, -0.1) is 0 Å². The predicted octanol–water partition coefficient (Wildman–Crippen LogP) is 1.86. The van der Waals surface area contributed by atoms with E-state index in [4.69, 9.17) is 4.74 Å². The Kier molecular flexibility index (Phi) is 8.16. The van der Waals surface area contributed by atoms with E-state index in [9.17, 15) is 19.8 Å². The second-order valence-electron chi connectivity index (χ2n) is 4.86. The fourth-order valence-electron chi connectivity index (χ4n) is 1.91. The van der Waals surface area contributed by atoms with Crippen LogP contribution in [0.5, 0.6) is 0 Å². The maximum absolute atomic E-state index is 11.4. The fourth-order valence-corrected chi connectivity index (χ4v) is 2.56. The standard InChI is InChI=1S/C16H22O5S/c1-3-21-15(19)10-12-4-6-13(7-5-12)16(20)14(18)8-9-22-11(2)17/h4-7,14,16,18,20H,3,8-10H2,1-2H3. The van der Waals surface area contributed by atoms with E-state index in [1.54, 1.807) is 31.2 Å². The largest absolute Gasteiger partial charge is 0.466 e. The molecule has 2 unspecified atom stereocenters. The molecular weight excluding hydrogens is 304 g/mol. The molecule has 0 spiro atoms. The molecule has 0 saturated carbocycles. The van der Waals surface area contributed by atoms with E-state index in [0.29, 0.717) is 24.3 Å². The lowest BCUT2D eigenvalue weighted by Crippen LogP contribution is -2.19. The van der Waals surface area contributed by atoms with Crippen LogP contribution < -0.4 is 0 Å². The van der Waals surface area contributed by atoms with Crippen molar-refractivity contribution >= 4 is 22.8 Å². The lowest BCUT2D eigenvalue weighted by Gasteiger charge is -2.18. The molecule has 0 saturated heterocycles. The molecule has 6 heteroatoms. The van der Waals surface area contributed by atoms with Crippen molar-refractivity contribution in [2.75, 3.05) is 12.4 Å². The third kappa shape index (κ3) is 6.60. The molecule has 0 aliphatic carbocycles. The lowest BCUT2D eigenvalue weighted by molar-refractivity contribution is -0.142. The third-order valence-corrected chi connectivity index (χ3v) is 3.90. The predicted molar refractivity (Wildman–Crippen MR) is 85.5 cm³/mol. The van der Waals surface area contributed by atoms with E-state index in [1.807, 2.05) is 0 Å². The van der Waals surface area contributed by atoms with E-state index in [0.717, 1.165) is 17.3 Å². The molecule has 2 atom stereocenters. The highest BCUT2D eigenvalue weighted by molar-refractivity contribution is 8.13. The molecule has 0 heterocycles. The van der Waals surface area contributed by atoms with Crippen LogP contribution in [0.4, 0.5) is 0 Å². The van der Waals surface area contributed by atoms with Gasteiger partial charge >= 0.3 is 5.97 Å². The van der Waals surface area contributed by atoms with Gasteiger partial charge in [0.15, 0.2) is 5.12 Å². The summed E-state index contributed by atoms with van der Waals surface area (Å²) in [6.07, 6.45) is -1.43. The summed E-state index contributed by atoms with van der Waals surface area (Å²) in [5.74, 6) is 0.172. The van der Waals surface area contributed by atoms with Crippen LogP contribution >= 0.6 is 11.8 Å². The van der Waals surface area contributed by atoms with E-state index in [-0.39, 0.29) is 17.5 Å². The number of aliphatic hydroxyl groups excluding tert-OH is 2. The van der Waals surface area contributed by atoms with Crippen LogP contribution in [0.1, 0.15) is 37.5 Å². The molecule has 0 amide bonds. The van der Waals surface area contributed by atoms with Crippen molar-refractivity contribution in [3.8, 4) is 0 Å². The molecule has 0 aliphatic rings. The lowest BCUT2D eigenvalue weighted by atomic mass is 10.0. The highest BCUT2D eigenvalue weighted by Gasteiger charge is 2.18. The first-order valence-electron chi connectivity index (χ1n) is 7.18. The number of aliphatic hydroxyl groups is 2. The average Bonchev–Trinajstić information content (AvgIpc) is 2.47. The van der Waals surface area contributed by atoms with Crippen LogP contribution in [0.25, 0.3) is 0 Å². The summed E-state index contributed by atoms with van der Waals surface area (Å²) >= 11 is 1.12. The second-order valence-corrected chi connectivity index (χ2v) is 6.14. The molecule has 2 N–H and O–H groups in total. The molecule has 0 radical (unpaired) electrons. The maximum atomic E-state index is 11.4. The van der Waals surface area contributed by atoms with Crippen molar-refractivity contribution in [1.29, 1.82) is 0 Å². The number of hydrogen-bond acceptors (Lipinski definition) is 6. The van der Waals surface area contributed by atoms with Crippen molar-refractivity contribution in [3.05, 3.63) is 35.4 Å². The van der Waals surface area contributed by atoms with Crippen molar-refractivity contribution in [1.82, 2.24) is 0 Å². The first kappa shape index (κ1) is 18.7. The van der Waals surface area contributed by atoms with Gasteiger partial charge in [0.25, 0.3) is 0 Å². The molecule has 0 fully saturated rings. The van der Waals surface area contributed by atoms with Crippen molar-refractivity contribution in [2.45, 2.75) is 38.9 Å². The monoisotopic (exact) mass is 326 g/mol. The molecule has 1 aromatic rings. The van der Waals surface area contributed by atoms with Crippen LogP contribution in [-0.4, -0.2) is 39.8 Å². The number of benzene rings is 1. The van der Waals surface area contributed by atoms with E-state index < -0.39 is 12.2 Å². The first-order valence-corrected chi connectivity index (χ1v) is 8.16. The Balaban J connectivity index is 2.53. The molecule has 0 aromatic heterocycles. The molecule has 0 bridgehead atoms. The number of ether oxygens (including phenoxy) is 1. The molecule has 5 nitrogen and oxygen atoms in total. The smallest absolute Gasteiger partial charge is 0.310 e. The number of esters is 1. The number of thioether (sulfide) groups is 1. The van der Waals surface area contributed by atoms with Gasteiger partial charge in [0.1, 0.15) is 6.10 Å². The number of rotatable bonds is 8. The minimum absolute atomic E-state index is 0.00925. The highest BCUT2D eigenvalue weighted by atomic mass is 32.2. The van der Waals surface area contributed by atoms with Gasteiger partial charge in [0, 0.05) is 12.7 Å². The van der Waals surface area contributed by atoms with Crippen LogP contribution in [0.3, 0.4) is 0 Å². The minimum atomic E-state index is -1.01. The molecule has 0 aliphatic heterocycles. The van der Waals surface area contributed by atoms with Crippen LogP contribution in [-0.2, 0) is 20.7 Å². The van der Waals surface area contributed by atoms with Gasteiger partial charge in [0.05, 0.1) is 19.1 Å². The third-order valence-electron chi connectivity index (χ3n) is 3.06. The highest BCUT2D eigenvalue weighted by Crippen LogP contribution is 2.21. The summed E-state index contributed by atoms with van der Waals surface area (Å²) in [5.41, 5.74) is 1.36. The zero-order valence-corrected chi connectivity index (χ0v) is 13.6. The Labute approximate surface area is 134 Å². The Morgan fingerprint density at radius 3 is 2.41 bits per heavy atom. The van der Waals surface area contributed by atoms with Gasteiger partial charge in [-0.1, -0.05) is 36.0 Å². The van der Waals surface area contributed by atoms with Crippen molar-refractivity contribution in [3.63, 3.8) is 0 Å². The Morgan fingerprint density at radius 1 is 1.23 bits per heavy atom. The molecular formula is C16H22O5S. The summed E-state index contributed by atoms with van der Waals surface area (Å²) in [7, 11) is 0.